The van der Waals surface area contributed by atoms with Crippen LogP contribution in [0.4, 0.5) is 0 Å². The molecule has 0 unspecified atom stereocenters. The van der Waals surface area contributed by atoms with Gasteiger partial charge in [-0.1, -0.05) is 27.7 Å². The van der Waals surface area contributed by atoms with Gasteiger partial charge in [0.05, 0.1) is 0 Å². The van der Waals surface area contributed by atoms with Crippen LogP contribution in [0.2, 0.25) is 0 Å². The van der Waals surface area contributed by atoms with Crippen LogP contribution < -0.4 is 0 Å². The standard InChI is InChI=1S/C12H23/c1-5-10-6-8-11(9-7-10)12(2,3)4/h5,10-11H,6-9H2,1-4H3. The van der Waals surface area contributed by atoms with E-state index in [0.717, 1.165) is 11.8 Å². The monoisotopic (exact) mass is 167 g/mol. The molecule has 12 heavy (non-hydrogen) atoms. The van der Waals surface area contributed by atoms with Crippen molar-refractivity contribution in [1.29, 1.82) is 0 Å². The maximum Gasteiger partial charge on any atom is -0.0354 e. The van der Waals surface area contributed by atoms with Crippen LogP contribution in [0.5, 0.6) is 0 Å². The molecule has 0 aromatic rings. The van der Waals surface area contributed by atoms with Crippen LogP contribution in [0.3, 0.4) is 0 Å². The van der Waals surface area contributed by atoms with Crippen LogP contribution in [0.25, 0.3) is 0 Å². The van der Waals surface area contributed by atoms with Crippen molar-refractivity contribution >= 4 is 0 Å². The van der Waals surface area contributed by atoms with Crippen LogP contribution in [-0.2, 0) is 0 Å². The second-order valence-electron chi connectivity index (χ2n) is 5.31. The van der Waals surface area contributed by atoms with E-state index in [1.165, 1.54) is 25.7 Å². The van der Waals surface area contributed by atoms with E-state index in [2.05, 4.69) is 34.1 Å². The van der Waals surface area contributed by atoms with Gasteiger partial charge in [-0.2, -0.15) is 0 Å². The summed E-state index contributed by atoms with van der Waals surface area (Å²) in [6.07, 6.45) is 8.13. The second kappa shape index (κ2) is 3.81. The fourth-order valence-corrected chi connectivity index (χ4v) is 2.32. The van der Waals surface area contributed by atoms with Gasteiger partial charge in [-0.05, 0) is 49.4 Å². The molecule has 0 spiro atoms. The molecule has 0 atom stereocenters. The molecule has 0 aromatic carbocycles. The zero-order chi connectivity index (χ0) is 9.19. The molecule has 1 radical (unpaired) electrons. The molecule has 1 aliphatic rings. The minimum atomic E-state index is 0.540. The zero-order valence-electron chi connectivity index (χ0n) is 9.06. The highest BCUT2D eigenvalue weighted by atomic mass is 14.3. The van der Waals surface area contributed by atoms with Crippen molar-refractivity contribution in [3.8, 4) is 0 Å². The molecule has 0 heteroatoms. The highest BCUT2D eigenvalue weighted by Gasteiger charge is 2.28. The van der Waals surface area contributed by atoms with E-state index in [-0.39, 0.29) is 0 Å². The van der Waals surface area contributed by atoms with Gasteiger partial charge in [0.2, 0.25) is 0 Å². The smallest absolute Gasteiger partial charge is 0.0354 e. The van der Waals surface area contributed by atoms with Crippen molar-refractivity contribution < 1.29 is 0 Å². The summed E-state index contributed by atoms with van der Waals surface area (Å²) in [6, 6.07) is 0. The van der Waals surface area contributed by atoms with Gasteiger partial charge in [0.15, 0.2) is 0 Å². The van der Waals surface area contributed by atoms with Crippen LogP contribution >= 0.6 is 0 Å². The minimum Gasteiger partial charge on any atom is -0.0620 e. The summed E-state index contributed by atoms with van der Waals surface area (Å²) < 4.78 is 0. The minimum absolute atomic E-state index is 0.540. The molecular formula is C12H23. The molecule has 1 fully saturated rings. The lowest BCUT2D eigenvalue weighted by atomic mass is 9.69. The Morgan fingerprint density at radius 2 is 1.50 bits per heavy atom. The molecule has 0 bridgehead atoms. The Hall–Kier alpha value is 0. The van der Waals surface area contributed by atoms with Gasteiger partial charge >= 0.3 is 0 Å². The summed E-state index contributed by atoms with van der Waals surface area (Å²) in [6.45, 7) is 9.36. The first-order valence-corrected chi connectivity index (χ1v) is 5.33. The third-order valence-electron chi connectivity index (χ3n) is 3.47. The molecule has 0 N–H and O–H groups in total. The summed E-state index contributed by atoms with van der Waals surface area (Å²) in [4.78, 5) is 0. The molecule has 0 saturated heterocycles. The fraction of sp³-hybridized carbons (Fsp3) is 0.917. The van der Waals surface area contributed by atoms with Gasteiger partial charge in [0, 0.05) is 0 Å². The summed E-state index contributed by atoms with van der Waals surface area (Å²) in [5.74, 6) is 1.89. The van der Waals surface area contributed by atoms with Gasteiger partial charge in [0.1, 0.15) is 0 Å². The molecule has 0 aliphatic heterocycles. The van der Waals surface area contributed by atoms with E-state index >= 15 is 0 Å². The van der Waals surface area contributed by atoms with Gasteiger partial charge in [0.25, 0.3) is 0 Å². The molecule has 0 heterocycles. The Kier molecular flexibility index (Phi) is 3.20. The molecule has 1 aliphatic carbocycles. The second-order valence-corrected chi connectivity index (χ2v) is 5.31. The van der Waals surface area contributed by atoms with Gasteiger partial charge in [-0.15, -0.1) is 0 Å². The van der Waals surface area contributed by atoms with Crippen molar-refractivity contribution in [2.24, 2.45) is 17.3 Å². The molecular weight excluding hydrogens is 144 g/mol. The Labute approximate surface area is 77.7 Å². The molecule has 1 saturated carbocycles. The van der Waals surface area contributed by atoms with Crippen molar-refractivity contribution in [3.63, 3.8) is 0 Å². The third-order valence-corrected chi connectivity index (χ3v) is 3.47. The Morgan fingerprint density at radius 1 is 1.00 bits per heavy atom. The Balaban J connectivity index is 2.36. The lowest BCUT2D eigenvalue weighted by Gasteiger charge is -2.36. The SMILES string of the molecule is C[CH]C1CCC(C(C)(C)C)CC1. The van der Waals surface area contributed by atoms with Crippen LogP contribution in [-0.4, -0.2) is 0 Å². The number of hydrogen-bond acceptors (Lipinski definition) is 0. The average molecular weight is 167 g/mol. The predicted octanol–water partition coefficient (Wildman–Crippen LogP) is 4.06. The fourth-order valence-electron chi connectivity index (χ4n) is 2.32. The number of hydrogen-bond donors (Lipinski definition) is 0. The normalized spacial score (nSPS) is 32.0. The lowest BCUT2D eigenvalue weighted by Crippen LogP contribution is -2.25. The van der Waals surface area contributed by atoms with E-state index in [1.807, 2.05) is 0 Å². The maximum absolute atomic E-state index is 2.39. The largest absolute Gasteiger partial charge is 0.0620 e. The highest BCUT2D eigenvalue weighted by Crippen LogP contribution is 2.40. The third kappa shape index (κ3) is 2.50. The van der Waals surface area contributed by atoms with Crippen molar-refractivity contribution in [1.82, 2.24) is 0 Å². The summed E-state index contributed by atoms with van der Waals surface area (Å²) in [5.41, 5.74) is 0.540. The van der Waals surface area contributed by atoms with E-state index in [4.69, 9.17) is 0 Å². The maximum atomic E-state index is 2.39. The van der Waals surface area contributed by atoms with Crippen molar-refractivity contribution in [3.05, 3.63) is 6.42 Å². The predicted molar refractivity (Wildman–Crippen MR) is 54.9 cm³/mol. The summed E-state index contributed by atoms with van der Waals surface area (Å²) in [5, 5.41) is 0. The van der Waals surface area contributed by atoms with E-state index in [9.17, 15) is 0 Å². The summed E-state index contributed by atoms with van der Waals surface area (Å²) >= 11 is 0. The molecule has 0 aromatic heterocycles. The first-order chi connectivity index (χ1) is 5.54. The molecule has 0 amide bonds. The molecule has 1 rings (SSSR count). The quantitative estimate of drug-likeness (QED) is 0.552. The van der Waals surface area contributed by atoms with Gasteiger partial charge < -0.3 is 0 Å². The topological polar surface area (TPSA) is 0 Å². The van der Waals surface area contributed by atoms with E-state index in [1.54, 1.807) is 0 Å². The van der Waals surface area contributed by atoms with Crippen molar-refractivity contribution in [2.75, 3.05) is 0 Å². The number of rotatable bonds is 1. The van der Waals surface area contributed by atoms with Crippen molar-refractivity contribution in [2.45, 2.75) is 53.4 Å². The molecule has 71 valence electrons. The first kappa shape index (κ1) is 10.1. The van der Waals surface area contributed by atoms with E-state index < -0.39 is 0 Å². The zero-order valence-corrected chi connectivity index (χ0v) is 9.06. The van der Waals surface area contributed by atoms with Crippen LogP contribution in [0.15, 0.2) is 0 Å². The first-order valence-electron chi connectivity index (χ1n) is 5.33. The molecule has 0 nitrogen and oxygen atoms in total. The highest BCUT2D eigenvalue weighted by molar-refractivity contribution is 4.84. The van der Waals surface area contributed by atoms with Crippen LogP contribution in [0.1, 0.15) is 53.4 Å². The van der Waals surface area contributed by atoms with Gasteiger partial charge in [-0.25, -0.2) is 0 Å². The van der Waals surface area contributed by atoms with Gasteiger partial charge in [-0.3, -0.25) is 0 Å². The van der Waals surface area contributed by atoms with Crippen LogP contribution in [0, 0.1) is 23.7 Å². The Bertz CT molecular complexity index is 121. The Morgan fingerprint density at radius 3 is 1.83 bits per heavy atom. The lowest BCUT2D eigenvalue weighted by molar-refractivity contribution is 0.159. The average Bonchev–Trinajstić information content (AvgIpc) is 2.03. The van der Waals surface area contributed by atoms with E-state index in [0.29, 0.717) is 5.41 Å². The summed E-state index contributed by atoms with van der Waals surface area (Å²) in [7, 11) is 0.